The van der Waals surface area contributed by atoms with E-state index in [1.54, 1.807) is 6.33 Å². The van der Waals surface area contributed by atoms with E-state index in [1.165, 1.54) is 0 Å². The van der Waals surface area contributed by atoms with E-state index in [0.717, 1.165) is 36.4 Å². The minimum atomic E-state index is 0.0380. The van der Waals surface area contributed by atoms with E-state index >= 15 is 0 Å². The van der Waals surface area contributed by atoms with Crippen LogP contribution in [-0.4, -0.2) is 39.0 Å². The van der Waals surface area contributed by atoms with Gasteiger partial charge in [0.25, 0.3) is 0 Å². The maximum absolute atomic E-state index is 9.24. The van der Waals surface area contributed by atoms with Crippen molar-refractivity contribution < 1.29 is 0 Å². The maximum Gasteiger partial charge on any atom is 0.142 e. The third kappa shape index (κ3) is 2.82. The molecular weight excluding hydrogens is 264 g/mol. The molecule has 2 aromatic heterocycles. The molecule has 2 aromatic rings. The Morgan fingerprint density at radius 2 is 2.38 bits per heavy atom. The summed E-state index contributed by atoms with van der Waals surface area (Å²) in [5.74, 6) is 0.862. The highest BCUT2D eigenvalue weighted by Gasteiger charge is 2.26. The van der Waals surface area contributed by atoms with E-state index < -0.39 is 0 Å². The second kappa shape index (κ2) is 5.83. The predicted octanol–water partition coefficient (Wildman–Crippen LogP) is 2.12. The van der Waals surface area contributed by atoms with Crippen LogP contribution in [0.1, 0.15) is 13.3 Å². The number of H-pyrrole nitrogens is 1. The van der Waals surface area contributed by atoms with Gasteiger partial charge in [-0.05, 0) is 25.6 Å². The van der Waals surface area contributed by atoms with Crippen molar-refractivity contribution in [2.24, 2.45) is 5.92 Å². The summed E-state index contributed by atoms with van der Waals surface area (Å²) < 4.78 is 0. The Morgan fingerprint density at radius 1 is 1.48 bits per heavy atom. The molecule has 2 N–H and O–H groups in total. The van der Waals surface area contributed by atoms with Crippen molar-refractivity contribution in [3.05, 3.63) is 30.9 Å². The smallest absolute Gasteiger partial charge is 0.142 e. The average molecular weight is 282 g/mol. The van der Waals surface area contributed by atoms with E-state index in [4.69, 9.17) is 0 Å². The van der Waals surface area contributed by atoms with E-state index in [1.807, 2.05) is 31.5 Å². The zero-order valence-corrected chi connectivity index (χ0v) is 12.0. The van der Waals surface area contributed by atoms with Crippen LogP contribution in [0.5, 0.6) is 0 Å². The lowest BCUT2D eigenvalue weighted by molar-refractivity contribution is 0.252. The highest BCUT2D eigenvalue weighted by molar-refractivity contribution is 5.86. The van der Waals surface area contributed by atoms with Crippen molar-refractivity contribution in [1.29, 1.82) is 5.26 Å². The fourth-order valence-corrected chi connectivity index (χ4v) is 2.84. The van der Waals surface area contributed by atoms with Gasteiger partial charge in [-0.1, -0.05) is 6.08 Å². The Kier molecular flexibility index (Phi) is 3.73. The molecule has 0 spiro atoms. The number of nitriles is 1. The predicted molar refractivity (Wildman–Crippen MR) is 81.4 cm³/mol. The van der Waals surface area contributed by atoms with Crippen molar-refractivity contribution in [2.75, 3.05) is 18.4 Å². The van der Waals surface area contributed by atoms with Crippen LogP contribution in [0.3, 0.4) is 0 Å². The molecule has 0 aromatic carbocycles. The van der Waals surface area contributed by atoms with E-state index in [2.05, 4.69) is 31.2 Å². The molecule has 6 heteroatoms. The number of allylic oxidation sites excluding steroid dienone is 1. The number of anilines is 1. The van der Waals surface area contributed by atoms with Gasteiger partial charge in [0.05, 0.1) is 17.4 Å². The van der Waals surface area contributed by atoms with Gasteiger partial charge in [-0.25, -0.2) is 9.97 Å². The summed E-state index contributed by atoms with van der Waals surface area (Å²) in [6.45, 7) is 3.66. The molecule has 0 unspecified atom stereocenters. The second-order valence-corrected chi connectivity index (χ2v) is 5.30. The minimum Gasteiger partial charge on any atom is -0.374 e. The second-order valence-electron chi connectivity index (χ2n) is 5.30. The largest absolute Gasteiger partial charge is 0.374 e. The Hall–Kier alpha value is -2.55. The Bertz CT molecular complexity index is 683. The van der Waals surface area contributed by atoms with Gasteiger partial charge in [-0.3, -0.25) is 0 Å². The van der Waals surface area contributed by atoms with Gasteiger partial charge in [0.1, 0.15) is 17.8 Å². The highest BCUT2D eigenvalue weighted by Crippen LogP contribution is 2.23. The molecule has 1 saturated heterocycles. The van der Waals surface area contributed by atoms with Crippen LogP contribution in [-0.2, 0) is 0 Å². The first-order chi connectivity index (χ1) is 10.3. The highest BCUT2D eigenvalue weighted by atomic mass is 15.2. The lowest BCUT2D eigenvalue weighted by Gasteiger charge is -2.35. The van der Waals surface area contributed by atoms with E-state index in [-0.39, 0.29) is 12.0 Å². The summed E-state index contributed by atoms with van der Waals surface area (Å²) in [5.41, 5.74) is 0.824. The van der Waals surface area contributed by atoms with Crippen LogP contribution in [0.2, 0.25) is 0 Å². The molecule has 3 rings (SSSR count). The SMILES string of the molecule is CC=CN1C[C@@H](C#N)C[C@@H](Nc2ncnc3[nH]ccc23)C1. The third-order valence-electron chi connectivity index (χ3n) is 3.72. The van der Waals surface area contributed by atoms with E-state index in [9.17, 15) is 5.26 Å². The Labute approximate surface area is 123 Å². The summed E-state index contributed by atoms with van der Waals surface area (Å²) in [5, 5.41) is 13.7. The van der Waals surface area contributed by atoms with Crippen molar-refractivity contribution in [1.82, 2.24) is 19.9 Å². The van der Waals surface area contributed by atoms with Crippen LogP contribution < -0.4 is 5.32 Å². The number of hydrogen-bond donors (Lipinski definition) is 2. The fraction of sp³-hybridized carbons (Fsp3) is 0.400. The number of fused-ring (bicyclic) bond motifs is 1. The summed E-state index contributed by atoms with van der Waals surface area (Å²) in [6, 6.07) is 4.55. The summed E-state index contributed by atoms with van der Waals surface area (Å²) in [7, 11) is 0. The van der Waals surface area contributed by atoms with Gasteiger partial charge in [0.15, 0.2) is 0 Å². The van der Waals surface area contributed by atoms with Gasteiger partial charge < -0.3 is 15.2 Å². The number of aromatic nitrogens is 3. The molecule has 6 nitrogen and oxygen atoms in total. The summed E-state index contributed by atoms with van der Waals surface area (Å²) in [6.07, 6.45) is 8.29. The molecule has 21 heavy (non-hydrogen) atoms. The maximum atomic E-state index is 9.24. The lowest BCUT2D eigenvalue weighted by atomic mass is 9.95. The molecule has 108 valence electrons. The normalized spacial score (nSPS) is 22.6. The molecule has 3 heterocycles. The molecule has 0 saturated carbocycles. The molecule has 0 radical (unpaired) electrons. The monoisotopic (exact) mass is 282 g/mol. The quantitative estimate of drug-likeness (QED) is 0.901. The van der Waals surface area contributed by atoms with Gasteiger partial charge in [-0.2, -0.15) is 5.26 Å². The zero-order valence-electron chi connectivity index (χ0n) is 12.0. The number of piperidine rings is 1. The average Bonchev–Trinajstić information content (AvgIpc) is 2.97. The number of nitrogens with one attached hydrogen (secondary N) is 2. The third-order valence-corrected chi connectivity index (χ3v) is 3.72. The Balaban J connectivity index is 1.80. The zero-order chi connectivity index (χ0) is 14.7. The van der Waals surface area contributed by atoms with E-state index in [0.29, 0.717) is 0 Å². The van der Waals surface area contributed by atoms with Crippen LogP contribution in [0.4, 0.5) is 5.82 Å². The van der Waals surface area contributed by atoms with Crippen molar-refractivity contribution in [3.8, 4) is 6.07 Å². The van der Waals surface area contributed by atoms with Crippen LogP contribution in [0, 0.1) is 17.2 Å². The number of rotatable bonds is 3. The fourth-order valence-electron chi connectivity index (χ4n) is 2.84. The van der Waals surface area contributed by atoms with Crippen LogP contribution in [0.25, 0.3) is 11.0 Å². The van der Waals surface area contributed by atoms with Crippen molar-refractivity contribution in [2.45, 2.75) is 19.4 Å². The summed E-state index contributed by atoms with van der Waals surface area (Å²) >= 11 is 0. The molecule has 1 aliphatic rings. The number of hydrogen-bond acceptors (Lipinski definition) is 5. The van der Waals surface area contributed by atoms with Crippen molar-refractivity contribution >= 4 is 16.9 Å². The number of nitrogens with zero attached hydrogens (tertiary/aromatic N) is 4. The first-order valence-corrected chi connectivity index (χ1v) is 7.11. The van der Waals surface area contributed by atoms with Gasteiger partial charge in [-0.15, -0.1) is 0 Å². The standard InChI is InChI=1S/C15H18N6/c1-2-5-21-8-11(7-16)6-12(9-21)20-15-13-3-4-17-14(13)18-10-19-15/h2-5,10-12H,6,8-9H2,1H3,(H2,17,18,19,20)/t11-,12-/m1/s1. The van der Waals surface area contributed by atoms with Gasteiger partial charge >= 0.3 is 0 Å². The molecule has 0 bridgehead atoms. The number of likely N-dealkylation sites (tertiary alicyclic amines) is 1. The molecule has 2 atom stereocenters. The molecule has 0 aliphatic carbocycles. The molecule has 0 amide bonds. The summed E-state index contributed by atoms with van der Waals surface area (Å²) in [4.78, 5) is 13.8. The Morgan fingerprint density at radius 3 is 3.19 bits per heavy atom. The van der Waals surface area contributed by atoms with Crippen molar-refractivity contribution in [3.63, 3.8) is 0 Å². The minimum absolute atomic E-state index is 0.0380. The molecular formula is C15H18N6. The van der Waals surface area contributed by atoms with Gasteiger partial charge in [0.2, 0.25) is 0 Å². The first-order valence-electron chi connectivity index (χ1n) is 7.11. The first kappa shape index (κ1) is 13.4. The lowest BCUT2D eigenvalue weighted by Crippen LogP contribution is -2.43. The molecule has 1 fully saturated rings. The number of aromatic amines is 1. The van der Waals surface area contributed by atoms with Crippen LogP contribution >= 0.6 is 0 Å². The van der Waals surface area contributed by atoms with Crippen LogP contribution in [0.15, 0.2) is 30.9 Å². The van der Waals surface area contributed by atoms with Gasteiger partial charge in [0, 0.05) is 25.3 Å². The molecule has 1 aliphatic heterocycles. The topological polar surface area (TPSA) is 80.6 Å².